The van der Waals surface area contributed by atoms with Crippen molar-refractivity contribution in [3.05, 3.63) is 87.8 Å². The molecule has 0 aliphatic carbocycles. The summed E-state index contributed by atoms with van der Waals surface area (Å²) in [5.41, 5.74) is 4.59. The first-order valence-electron chi connectivity index (χ1n) is 10.5. The van der Waals surface area contributed by atoms with Crippen molar-refractivity contribution in [3.8, 4) is 17.0 Å². The summed E-state index contributed by atoms with van der Waals surface area (Å²) < 4.78 is 8.57. The number of hydrogen-bond donors (Lipinski definition) is 1. The summed E-state index contributed by atoms with van der Waals surface area (Å²) in [7, 11) is 3.53. The minimum atomic E-state index is -0.189. The average Bonchev–Trinajstić information content (AvgIpc) is 3.28. The molecule has 0 spiro atoms. The molecule has 164 valence electrons. The third kappa shape index (κ3) is 4.27. The van der Waals surface area contributed by atoms with Crippen molar-refractivity contribution in [1.29, 1.82) is 0 Å². The summed E-state index contributed by atoms with van der Waals surface area (Å²) in [5, 5.41) is 7.46. The van der Waals surface area contributed by atoms with E-state index in [0.717, 1.165) is 22.6 Å². The van der Waals surface area contributed by atoms with Gasteiger partial charge in [-0.25, -0.2) is 0 Å². The zero-order chi connectivity index (χ0) is 22.7. The lowest BCUT2D eigenvalue weighted by Crippen LogP contribution is -2.27. The monoisotopic (exact) mass is 430 g/mol. The van der Waals surface area contributed by atoms with Gasteiger partial charge in [-0.3, -0.25) is 9.59 Å². The average molecular weight is 431 g/mol. The second kappa shape index (κ2) is 9.09. The van der Waals surface area contributed by atoms with E-state index in [1.54, 1.807) is 7.11 Å². The molecule has 4 rings (SSSR count). The number of nitrogens with zero attached hydrogens (tertiary/aromatic N) is 3. The van der Waals surface area contributed by atoms with E-state index in [2.05, 4.69) is 10.4 Å². The summed E-state index contributed by atoms with van der Waals surface area (Å²) in [4.78, 5) is 25.5. The molecule has 2 aromatic heterocycles. The van der Waals surface area contributed by atoms with Crippen molar-refractivity contribution < 1.29 is 9.53 Å². The Morgan fingerprint density at radius 2 is 1.81 bits per heavy atom. The largest absolute Gasteiger partial charge is 0.497 e. The fourth-order valence-corrected chi connectivity index (χ4v) is 3.73. The predicted octanol–water partition coefficient (Wildman–Crippen LogP) is 3.27. The maximum atomic E-state index is 13.2. The van der Waals surface area contributed by atoms with Crippen LogP contribution in [0, 0.1) is 6.92 Å². The number of aromatic nitrogens is 3. The van der Waals surface area contributed by atoms with Crippen LogP contribution in [-0.2, 0) is 24.8 Å². The van der Waals surface area contributed by atoms with Crippen molar-refractivity contribution in [2.45, 2.75) is 26.3 Å². The number of nitrogens with one attached hydrogen (secondary N) is 1. The van der Waals surface area contributed by atoms with Gasteiger partial charge in [0, 0.05) is 42.9 Å². The molecule has 1 N–H and O–H groups in total. The maximum absolute atomic E-state index is 13.2. The number of carbonyl (C=O) groups excluding carboxylic acids is 1. The Bertz CT molecular complexity index is 1310. The Morgan fingerprint density at radius 3 is 2.50 bits per heavy atom. The molecule has 2 heterocycles. The lowest BCUT2D eigenvalue weighted by Gasteiger charge is -2.12. The number of benzene rings is 2. The SMILES string of the molecule is COc1ccc(-c2cc3n(C)c(C)c(CCC(=O)NCc4ccccc4)c(=O)n3n2)cc1. The topological polar surface area (TPSA) is 77.6 Å². The first-order valence-corrected chi connectivity index (χ1v) is 10.5. The molecule has 0 saturated carbocycles. The van der Waals surface area contributed by atoms with Crippen LogP contribution in [0.1, 0.15) is 23.2 Å². The Labute approximate surface area is 186 Å². The van der Waals surface area contributed by atoms with Gasteiger partial charge in [0.15, 0.2) is 0 Å². The van der Waals surface area contributed by atoms with Crippen LogP contribution in [0.4, 0.5) is 0 Å². The molecular weight excluding hydrogens is 404 g/mol. The summed E-state index contributed by atoms with van der Waals surface area (Å²) in [6, 6.07) is 19.2. The number of aryl methyl sites for hydroxylation is 1. The van der Waals surface area contributed by atoms with Gasteiger partial charge in [0.05, 0.1) is 12.8 Å². The van der Waals surface area contributed by atoms with Gasteiger partial charge in [-0.15, -0.1) is 0 Å². The van der Waals surface area contributed by atoms with Crippen LogP contribution in [0.5, 0.6) is 5.75 Å². The van der Waals surface area contributed by atoms with Gasteiger partial charge >= 0.3 is 0 Å². The van der Waals surface area contributed by atoms with Crippen LogP contribution in [0.25, 0.3) is 16.9 Å². The van der Waals surface area contributed by atoms with Crippen LogP contribution in [0.15, 0.2) is 65.5 Å². The fourth-order valence-electron chi connectivity index (χ4n) is 3.73. The van der Waals surface area contributed by atoms with Crippen LogP contribution in [0.2, 0.25) is 0 Å². The Balaban J connectivity index is 1.55. The van der Waals surface area contributed by atoms with E-state index in [1.807, 2.05) is 79.2 Å². The molecule has 4 aromatic rings. The highest BCUT2D eigenvalue weighted by atomic mass is 16.5. The normalized spacial score (nSPS) is 11.0. The van der Waals surface area contributed by atoms with Crippen molar-refractivity contribution in [2.24, 2.45) is 7.05 Å². The zero-order valence-electron chi connectivity index (χ0n) is 18.5. The van der Waals surface area contributed by atoms with E-state index in [4.69, 9.17) is 4.74 Å². The summed E-state index contributed by atoms with van der Waals surface area (Å²) >= 11 is 0. The molecule has 0 fully saturated rings. The third-order valence-electron chi connectivity index (χ3n) is 5.74. The van der Waals surface area contributed by atoms with Gasteiger partial charge in [0.1, 0.15) is 11.4 Å². The van der Waals surface area contributed by atoms with Gasteiger partial charge in [0.2, 0.25) is 5.91 Å². The van der Waals surface area contributed by atoms with E-state index < -0.39 is 0 Å². The van der Waals surface area contributed by atoms with Crippen LogP contribution in [0.3, 0.4) is 0 Å². The molecule has 32 heavy (non-hydrogen) atoms. The molecule has 0 saturated heterocycles. The summed E-state index contributed by atoms with van der Waals surface area (Å²) in [6.07, 6.45) is 0.591. The first kappa shape index (κ1) is 21.4. The summed E-state index contributed by atoms with van der Waals surface area (Å²) in [5.74, 6) is 0.672. The number of methoxy groups -OCH3 is 1. The smallest absolute Gasteiger partial charge is 0.277 e. The van der Waals surface area contributed by atoms with Gasteiger partial charge in [-0.05, 0) is 43.2 Å². The molecule has 2 aromatic carbocycles. The first-order chi connectivity index (χ1) is 15.5. The van der Waals surface area contributed by atoms with E-state index in [-0.39, 0.29) is 17.9 Å². The highest BCUT2D eigenvalue weighted by Crippen LogP contribution is 2.22. The molecule has 0 aliphatic heterocycles. The summed E-state index contributed by atoms with van der Waals surface area (Å²) in [6.45, 7) is 2.37. The van der Waals surface area contributed by atoms with Gasteiger partial charge in [0.25, 0.3) is 5.56 Å². The Morgan fingerprint density at radius 1 is 1.09 bits per heavy atom. The fraction of sp³-hybridized carbons (Fsp3) is 0.240. The van der Waals surface area contributed by atoms with Crippen LogP contribution in [-0.4, -0.2) is 27.2 Å². The Kier molecular flexibility index (Phi) is 6.07. The molecule has 0 unspecified atom stereocenters. The molecule has 0 aliphatic rings. The van der Waals surface area contributed by atoms with Gasteiger partial charge in [-0.2, -0.15) is 9.61 Å². The van der Waals surface area contributed by atoms with Crippen LogP contribution < -0.4 is 15.6 Å². The van der Waals surface area contributed by atoms with Crippen molar-refractivity contribution in [3.63, 3.8) is 0 Å². The highest BCUT2D eigenvalue weighted by molar-refractivity contribution is 5.76. The number of amides is 1. The molecule has 1 amide bonds. The second-order valence-electron chi connectivity index (χ2n) is 7.72. The number of fused-ring (bicyclic) bond motifs is 1. The molecule has 0 atom stereocenters. The van der Waals surface area contributed by atoms with E-state index in [1.165, 1.54) is 4.52 Å². The Hall–Kier alpha value is -3.87. The van der Waals surface area contributed by atoms with E-state index in [0.29, 0.717) is 29.9 Å². The number of carbonyl (C=O) groups is 1. The van der Waals surface area contributed by atoms with Gasteiger partial charge in [-0.1, -0.05) is 30.3 Å². The highest BCUT2D eigenvalue weighted by Gasteiger charge is 2.16. The van der Waals surface area contributed by atoms with E-state index in [9.17, 15) is 9.59 Å². The lowest BCUT2D eigenvalue weighted by molar-refractivity contribution is -0.121. The number of ether oxygens (including phenoxy) is 1. The minimum Gasteiger partial charge on any atom is -0.497 e. The molecule has 7 heteroatoms. The molecule has 0 radical (unpaired) electrons. The van der Waals surface area contributed by atoms with Gasteiger partial charge < -0.3 is 14.6 Å². The predicted molar refractivity (Wildman–Crippen MR) is 124 cm³/mol. The standard InChI is InChI=1S/C25H26N4O3/c1-17-21(13-14-23(30)26-16-18-7-5-4-6-8-18)25(31)29-24(28(17)2)15-22(27-29)19-9-11-20(32-3)12-10-19/h4-12,15H,13-14,16H2,1-3H3,(H,26,30). The second-order valence-corrected chi connectivity index (χ2v) is 7.72. The van der Waals surface area contributed by atoms with Crippen LogP contribution >= 0.6 is 0 Å². The third-order valence-corrected chi connectivity index (χ3v) is 5.74. The minimum absolute atomic E-state index is 0.0882. The zero-order valence-corrected chi connectivity index (χ0v) is 18.5. The van der Waals surface area contributed by atoms with Crippen molar-refractivity contribution in [1.82, 2.24) is 19.5 Å². The number of rotatable bonds is 7. The molecule has 7 nitrogen and oxygen atoms in total. The van der Waals surface area contributed by atoms with E-state index >= 15 is 0 Å². The van der Waals surface area contributed by atoms with Crippen molar-refractivity contribution >= 4 is 11.6 Å². The molecule has 0 bridgehead atoms. The quantitative estimate of drug-likeness (QED) is 0.488. The maximum Gasteiger partial charge on any atom is 0.277 e. The lowest BCUT2D eigenvalue weighted by atomic mass is 10.1. The number of hydrogen-bond acceptors (Lipinski definition) is 4. The van der Waals surface area contributed by atoms with Crippen molar-refractivity contribution in [2.75, 3.05) is 7.11 Å². The molecular formula is C25H26N4O3.